The lowest BCUT2D eigenvalue weighted by molar-refractivity contribution is 0.0895. The predicted molar refractivity (Wildman–Crippen MR) is 69.7 cm³/mol. The number of rotatable bonds is 3. The molecule has 0 aromatic carbocycles. The summed E-state index contributed by atoms with van der Waals surface area (Å²) < 4.78 is 0. The van der Waals surface area contributed by atoms with Crippen LogP contribution in [0.15, 0.2) is 0 Å². The average molecular weight is 224 g/mol. The Hall–Kier alpha value is -0.0800. The van der Waals surface area contributed by atoms with Crippen LogP contribution in [0.4, 0.5) is 0 Å². The first-order valence-corrected chi connectivity index (χ1v) is 7.11. The zero-order valence-electron chi connectivity index (χ0n) is 11.3. The molecule has 1 saturated heterocycles. The Balaban J connectivity index is 1.89. The molecule has 2 atom stereocenters. The number of hydrogen-bond donors (Lipinski definition) is 1. The van der Waals surface area contributed by atoms with E-state index in [0.717, 1.165) is 12.0 Å². The van der Waals surface area contributed by atoms with Crippen molar-refractivity contribution >= 4 is 0 Å². The van der Waals surface area contributed by atoms with Gasteiger partial charge in [-0.15, -0.1) is 0 Å². The van der Waals surface area contributed by atoms with Crippen molar-refractivity contribution in [1.29, 1.82) is 0 Å². The van der Waals surface area contributed by atoms with Crippen molar-refractivity contribution in [2.24, 2.45) is 5.92 Å². The van der Waals surface area contributed by atoms with E-state index in [1.807, 2.05) is 0 Å². The number of likely N-dealkylation sites (tertiary alicyclic amines) is 1. The molecule has 2 fully saturated rings. The van der Waals surface area contributed by atoms with Crippen LogP contribution >= 0.6 is 0 Å². The van der Waals surface area contributed by atoms with Gasteiger partial charge in [0, 0.05) is 24.7 Å². The van der Waals surface area contributed by atoms with Gasteiger partial charge in [-0.25, -0.2) is 0 Å². The predicted octanol–water partition coefficient (Wildman–Crippen LogP) is 2.64. The van der Waals surface area contributed by atoms with Gasteiger partial charge < -0.3 is 5.32 Å². The van der Waals surface area contributed by atoms with Crippen LogP contribution in [0, 0.1) is 5.92 Å². The third-order valence-corrected chi connectivity index (χ3v) is 5.12. The summed E-state index contributed by atoms with van der Waals surface area (Å²) in [4.78, 5) is 2.78. The van der Waals surface area contributed by atoms with Crippen LogP contribution in [-0.2, 0) is 0 Å². The van der Waals surface area contributed by atoms with Crippen molar-refractivity contribution in [3.8, 4) is 0 Å². The van der Waals surface area contributed by atoms with E-state index in [2.05, 4.69) is 31.1 Å². The molecule has 16 heavy (non-hydrogen) atoms. The number of nitrogens with zero attached hydrogens (tertiary/aromatic N) is 1. The Labute approximate surface area is 101 Å². The number of hydrogen-bond acceptors (Lipinski definition) is 2. The molecule has 1 N–H and O–H groups in total. The zero-order valence-corrected chi connectivity index (χ0v) is 11.3. The minimum atomic E-state index is 0.400. The van der Waals surface area contributed by atoms with Crippen LogP contribution in [-0.4, -0.2) is 36.6 Å². The van der Waals surface area contributed by atoms with Gasteiger partial charge in [0.2, 0.25) is 0 Å². The Bertz CT molecular complexity index is 219. The van der Waals surface area contributed by atoms with Crippen LogP contribution in [0.3, 0.4) is 0 Å². The average Bonchev–Trinajstić information content (AvgIpc) is 2.78. The monoisotopic (exact) mass is 224 g/mol. The maximum atomic E-state index is 3.49. The fraction of sp³-hybridized carbons (Fsp3) is 1.00. The SMILES string of the molecule is CCC1CCCC1N1CCC(C)(NC)CC1. The third kappa shape index (κ3) is 2.43. The fourth-order valence-electron chi connectivity index (χ4n) is 3.57. The highest BCUT2D eigenvalue weighted by atomic mass is 15.2. The summed E-state index contributed by atoms with van der Waals surface area (Å²) in [7, 11) is 2.11. The van der Waals surface area contributed by atoms with Crippen LogP contribution in [0.25, 0.3) is 0 Å². The summed E-state index contributed by atoms with van der Waals surface area (Å²) in [6.07, 6.45) is 8.40. The summed E-state index contributed by atoms with van der Waals surface area (Å²) in [5.74, 6) is 0.985. The van der Waals surface area contributed by atoms with E-state index in [0.29, 0.717) is 5.54 Å². The van der Waals surface area contributed by atoms with Crippen LogP contribution < -0.4 is 5.32 Å². The lowest BCUT2D eigenvalue weighted by atomic mass is 9.87. The quantitative estimate of drug-likeness (QED) is 0.793. The Morgan fingerprint density at radius 2 is 1.94 bits per heavy atom. The van der Waals surface area contributed by atoms with E-state index in [1.165, 1.54) is 51.6 Å². The molecule has 1 aliphatic heterocycles. The Morgan fingerprint density at radius 1 is 1.25 bits per heavy atom. The second kappa shape index (κ2) is 5.05. The van der Waals surface area contributed by atoms with Gasteiger partial charge in [-0.1, -0.05) is 19.8 Å². The van der Waals surface area contributed by atoms with E-state index in [-0.39, 0.29) is 0 Å². The first-order chi connectivity index (χ1) is 7.68. The van der Waals surface area contributed by atoms with Crippen molar-refractivity contribution in [2.45, 2.75) is 64.0 Å². The van der Waals surface area contributed by atoms with Crippen molar-refractivity contribution in [1.82, 2.24) is 10.2 Å². The van der Waals surface area contributed by atoms with Crippen molar-refractivity contribution < 1.29 is 0 Å². The highest BCUT2D eigenvalue weighted by Crippen LogP contribution is 2.34. The fourth-order valence-corrected chi connectivity index (χ4v) is 3.57. The number of nitrogens with one attached hydrogen (secondary N) is 1. The van der Waals surface area contributed by atoms with E-state index in [9.17, 15) is 0 Å². The summed E-state index contributed by atoms with van der Waals surface area (Å²) in [5.41, 5.74) is 0.400. The van der Waals surface area contributed by atoms with Gasteiger partial charge in [0.15, 0.2) is 0 Å². The van der Waals surface area contributed by atoms with Crippen molar-refractivity contribution in [3.63, 3.8) is 0 Å². The summed E-state index contributed by atoms with van der Waals surface area (Å²) >= 11 is 0. The molecule has 2 heteroatoms. The maximum Gasteiger partial charge on any atom is 0.0174 e. The van der Waals surface area contributed by atoms with Crippen molar-refractivity contribution in [2.75, 3.05) is 20.1 Å². The second-order valence-electron chi connectivity index (χ2n) is 6.01. The summed E-state index contributed by atoms with van der Waals surface area (Å²) in [5, 5.41) is 3.49. The highest BCUT2D eigenvalue weighted by Gasteiger charge is 2.35. The van der Waals surface area contributed by atoms with Crippen LogP contribution in [0.1, 0.15) is 52.4 Å². The largest absolute Gasteiger partial charge is 0.314 e. The molecule has 0 aromatic rings. The molecule has 1 heterocycles. The lowest BCUT2D eigenvalue weighted by Crippen LogP contribution is -2.53. The maximum absolute atomic E-state index is 3.49. The topological polar surface area (TPSA) is 15.3 Å². The molecule has 0 radical (unpaired) electrons. The van der Waals surface area contributed by atoms with Gasteiger partial charge in [-0.2, -0.15) is 0 Å². The van der Waals surface area contributed by atoms with Crippen LogP contribution in [0.2, 0.25) is 0 Å². The van der Waals surface area contributed by atoms with Crippen LogP contribution in [0.5, 0.6) is 0 Å². The van der Waals surface area contributed by atoms with Gasteiger partial charge in [-0.3, -0.25) is 4.90 Å². The molecular weight excluding hydrogens is 196 g/mol. The molecule has 0 bridgehead atoms. The molecule has 1 saturated carbocycles. The smallest absolute Gasteiger partial charge is 0.0174 e. The van der Waals surface area contributed by atoms with E-state index in [1.54, 1.807) is 0 Å². The first-order valence-electron chi connectivity index (χ1n) is 7.11. The Morgan fingerprint density at radius 3 is 2.50 bits per heavy atom. The van der Waals surface area contributed by atoms with Gasteiger partial charge in [0.1, 0.15) is 0 Å². The van der Waals surface area contributed by atoms with E-state index < -0.39 is 0 Å². The zero-order chi connectivity index (χ0) is 11.6. The normalized spacial score (nSPS) is 35.4. The molecule has 2 nitrogen and oxygen atoms in total. The molecule has 0 aromatic heterocycles. The third-order valence-electron chi connectivity index (χ3n) is 5.12. The summed E-state index contributed by atoms with van der Waals surface area (Å²) in [6.45, 7) is 7.35. The number of piperidine rings is 1. The van der Waals surface area contributed by atoms with Gasteiger partial charge in [0.05, 0.1) is 0 Å². The molecule has 0 spiro atoms. The summed E-state index contributed by atoms with van der Waals surface area (Å²) in [6, 6.07) is 0.909. The van der Waals surface area contributed by atoms with E-state index in [4.69, 9.17) is 0 Å². The lowest BCUT2D eigenvalue weighted by Gasteiger charge is -2.43. The molecule has 1 aliphatic carbocycles. The molecule has 2 unspecified atom stereocenters. The first kappa shape index (κ1) is 12.4. The standard InChI is InChI=1S/C14H28N2/c1-4-12-6-5-7-13(12)16-10-8-14(2,15-3)9-11-16/h12-13,15H,4-11H2,1-3H3. The molecule has 0 amide bonds. The van der Waals surface area contributed by atoms with Gasteiger partial charge in [-0.05, 0) is 45.6 Å². The second-order valence-corrected chi connectivity index (χ2v) is 6.01. The molecule has 2 aliphatic rings. The molecule has 94 valence electrons. The van der Waals surface area contributed by atoms with E-state index >= 15 is 0 Å². The molecular formula is C14H28N2. The highest BCUT2D eigenvalue weighted by molar-refractivity contribution is 4.93. The minimum Gasteiger partial charge on any atom is -0.314 e. The minimum absolute atomic E-state index is 0.400. The Kier molecular flexibility index (Phi) is 3.91. The molecule has 2 rings (SSSR count). The van der Waals surface area contributed by atoms with Gasteiger partial charge >= 0.3 is 0 Å². The van der Waals surface area contributed by atoms with Crippen molar-refractivity contribution in [3.05, 3.63) is 0 Å². The van der Waals surface area contributed by atoms with Gasteiger partial charge in [0.25, 0.3) is 0 Å².